The summed E-state index contributed by atoms with van der Waals surface area (Å²) in [6.07, 6.45) is 1.75. The SMILES string of the molecule is Cc1nccc(CNCc2ccc(C(C)C(=O)O)cc2)n1. The van der Waals surface area contributed by atoms with Gasteiger partial charge in [-0.25, -0.2) is 9.97 Å². The van der Waals surface area contributed by atoms with E-state index in [4.69, 9.17) is 5.11 Å². The molecule has 1 aromatic heterocycles. The Bertz CT molecular complexity index is 611. The Labute approximate surface area is 124 Å². The van der Waals surface area contributed by atoms with Crippen LogP contribution in [0.25, 0.3) is 0 Å². The molecule has 2 N–H and O–H groups in total. The van der Waals surface area contributed by atoms with Gasteiger partial charge in [-0.2, -0.15) is 0 Å². The first-order valence-electron chi connectivity index (χ1n) is 6.87. The molecule has 1 unspecified atom stereocenters. The average Bonchev–Trinajstić information content (AvgIpc) is 2.47. The number of nitrogens with one attached hydrogen (secondary N) is 1. The lowest BCUT2D eigenvalue weighted by Gasteiger charge is -2.09. The number of aliphatic carboxylic acids is 1. The molecule has 21 heavy (non-hydrogen) atoms. The maximum atomic E-state index is 10.9. The van der Waals surface area contributed by atoms with E-state index >= 15 is 0 Å². The summed E-state index contributed by atoms with van der Waals surface area (Å²) in [6.45, 7) is 4.94. The third-order valence-electron chi connectivity index (χ3n) is 3.32. The second-order valence-electron chi connectivity index (χ2n) is 5.00. The number of aryl methyl sites for hydroxylation is 1. The lowest BCUT2D eigenvalue weighted by molar-refractivity contribution is -0.138. The van der Waals surface area contributed by atoms with Crippen LogP contribution in [0.5, 0.6) is 0 Å². The predicted molar refractivity (Wildman–Crippen MR) is 79.8 cm³/mol. The molecule has 2 aromatic rings. The van der Waals surface area contributed by atoms with Crippen LogP contribution in [0.4, 0.5) is 0 Å². The van der Waals surface area contributed by atoms with E-state index < -0.39 is 11.9 Å². The van der Waals surface area contributed by atoms with Gasteiger partial charge in [0.25, 0.3) is 0 Å². The van der Waals surface area contributed by atoms with E-state index in [1.807, 2.05) is 37.3 Å². The Morgan fingerprint density at radius 2 is 1.95 bits per heavy atom. The number of rotatable bonds is 6. The van der Waals surface area contributed by atoms with Crippen molar-refractivity contribution in [1.29, 1.82) is 0 Å². The normalized spacial score (nSPS) is 12.1. The summed E-state index contributed by atoms with van der Waals surface area (Å²) in [5, 5.41) is 12.3. The van der Waals surface area contributed by atoms with Gasteiger partial charge < -0.3 is 10.4 Å². The molecule has 110 valence electrons. The van der Waals surface area contributed by atoms with E-state index in [9.17, 15) is 4.79 Å². The van der Waals surface area contributed by atoms with Crippen LogP contribution in [0.1, 0.15) is 35.5 Å². The maximum Gasteiger partial charge on any atom is 0.310 e. The molecule has 0 saturated heterocycles. The molecule has 5 heteroatoms. The van der Waals surface area contributed by atoms with Gasteiger partial charge in [-0.05, 0) is 31.0 Å². The van der Waals surface area contributed by atoms with E-state index in [0.29, 0.717) is 13.1 Å². The van der Waals surface area contributed by atoms with Crippen LogP contribution in [0, 0.1) is 6.92 Å². The van der Waals surface area contributed by atoms with Gasteiger partial charge in [0.1, 0.15) is 5.82 Å². The van der Waals surface area contributed by atoms with Crippen LogP contribution < -0.4 is 5.32 Å². The second-order valence-corrected chi connectivity index (χ2v) is 5.00. The molecule has 0 spiro atoms. The lowest BCUT2D eigenvalue weighted by atomic mass is 10.0. The quantitative estimate of drug-likeness (QED) is 0.851. The second kappa shape index (κ2) is 6.95. The maximum absolute atomic E-state index is 10.9. The molecule has 0 amide bonds. The zero-order chi connectivity index (χ0) is 15.2. The van der Waals surface area contributed by atoms with Crippen molar-refractivity contribution in [2.75, 3.05) is 0 Å². The highest BCUT2D eigenvalue weighted by atomic mass is 16.4. The molecule has 1 aromatic carbocycles. The summed E-state index contributed by atoms with van der Waals surface area (Å²) in [4.78, 5) is 19.3. The van der Waals surface area contributed by atoms with Gasteiger partial charge in [-0.1, -0.05) is 24.3 Å². The van der Waals surface area contributed by atoms with E-state index in [2.05, 4.69) is 15.3 Å². The van der Waals surface area contributed by atoms with E-state index in [1.165, 1.54) is 0 Å². The lowest BCUT2D eigenvalue weighted by Crippen LogP contribution is -2.14. The third-order valence-corrected chi connectivity index (χ3v) is 3.32. The molecule has 0 saturated carbocycles. The highest BCUT2D eigenvalue weighted by molar-refractivity contribution is 5.75. The summed E-state index contributed by atoms with van der Waals surface area (Å²) in [6, 6.07) is 9.52. The zero-order valence-electron chi connectivity index (χ0n) is 12.2. The molecule has 5 nitrogen and oxygen atoms in total. The van der Waals surface area contributed by atoms with Crippen molar-refractivity contribution in [1.82, 2.24) is 15.3 Å². The van der Waals surface area contributed by atoms with Crippen LogP contribution in [-0.4, -0.2) is 21.0 Å². The minimum atomic E-state index is -0.806. The molecular weight excluding hydrogens is 266 g/mol. The number of nitrogens with zero attached hydrogens (tertiary/aromatic N) is 2. The minimum Gasteiger partial charge on any atom is -0.481 e. The third kappa shape index (κ3) is 4.36. The van der Waals surface area contributed by atoms with Crippen molar-refractivity contribution < 1.29 is 9.90 Å². The highest BCUT2D eigenvalue weighted by Gasteiger charge is 2.12. The number of carboxylic acid groups (broad SMARTS) is 1. The van der Waals surface area contributed by atoms with Gasteiger partial charge in [-0.15, -0.1) is 0 Å². The first-order valence-corrected chi connectivity index (χ1v) is 6.87. The van der Waals surface area contributed by atoms with Crippen molar-refractivity contribution in [3.05, 3.63) is 59.2 Å². The Kier molecular flexibility index (Phi) is 5.00. The zero-order valence-corrected chi connectivity index (χ0v) is 12.2. The molecule has 2 rings (SSSR count). The van der Waals surface area contributed by atoms with Crippen molar-refractivity contribution in [3.8, 4) is 0 Å². The fraction of sp³-hybridized carbons (Fsp3) is 0.312. The largest absolute Gasteiger partial charge is 0.481 e. The molecule has 0 aliphatic heterocycles. The highest BCUT2D eigenvalue weighted by Crippen LogP contribution is 2.16. The molecule has 0 aliphatic carbocycles. The van der Waals surface area contributed by atoms with Gasteiger partial charge in [0.05, 0.1) is 11.6 Å². The molecule has 0 radical (unpaired) electrons. The summed E-state index contributed by atoms with van der Waals surface area (Å²) in [7, 11) is 0. The van der Waals surface area contributed by atoms with Gasteiger partial charge in [0, 0.05) is 19.3 Å². The fourth-order valence-corrected chi connectivity index (χ4v) is 2.01. The number of benzene rings is 1. The Morgan fingerprint density at radius 1 is 1.24 bits per heavy atom. The minimum absolute atomic E-state index is 0.476. The average molecular weight is 285 g/mol. The van der Waals surface area contributed by atoms with Crippen molar-refractivity contribution >= 4 is 5.97 Å². The van der Waals surface area contributed by atoms with Crippen molar-refractivity contribution in [2.24, 2.45) is 0 Å². The number of hydrogen-bond donors (Lipinski definition) is 2. The van der Waals surface area contributed by atoms with Crippen LogP contribution in [0.15, 0.2) is 36.5 Å². The van der Waals surface area contributed by atoms with Crippen LogP contribution in [0.3, 0.4) is 0 Å². The summed E-state index contributed by atoms with van der Waals surface area (Å²) >= 11 is 0. The van der Waals surface area contributed by atoms with Crippen LogP contribution in [-0.2, 0) is 17.9 Å². The molecular formula is C16H19N3O2. The van der Waals surface area contributed by atoms with E-state index in [-0.39, 0.29) is 0 Å². The number of carbonyl (C=O) groups is 1. The molecule has 1 atom stereocenters. The first-order chi connectivity index (χ1) is 10.1. The van der Waals surface area contributed by atoms with Crippen LogP contribution in [0.2, 0.25) is 0 Å². The fourth-order valence-electron chi connectivity index (χ4n) is 2.01. The van der Waals surface area contributed by atoms with Gasteiger partial charge in [0.2, 0.25) is 0 Å². The standard InChI is InChI=1S/C16H19N3O2/c1-11(16(20)21)14-5-3-13(4-6-14)9-17-10-15-7-8-18-12(2)19-15/h3-8,11,17H,9-10H2,1-2H3,(H,20,21). The molecule has 0 fully saturated rings. The van der Waals surface area contributed by atoms with Crippen molar-refractivity contribution in [2.45, 2.75) is 32.9 Å². The molecule has 0 bridgehead atoms. The number of aromatic nitrogens is 2. The smallest absolute Gasteiger partial charge is 0.310 e. The molecule has 1 heterocycles. The van der Waals surface area contributed by atoms with Gasteiger partial charge in [-0.3, -0.25) is 4.79 Å². The Balaban J connectivity index is 1.88. The Hall–Kier alpha value is -2.27. The monoisotopic (exact) mass is 285 g/mol. The summed E-state index contributed by atoms with van der Waals surface area (Å²) in [5.41, 5.74) is 2.89. The van der Waals surface area contributed by atoms with Crippen molar-refractivity contribution in [3.63, 3.8) is 0 Å². The Morgan fingerprint density at radius 3 is 2.57 bits per heavy atom. The number of carboxylic acids is 1. The summed E-state index contributed by atoms with van der Waals surface area (Å²) in [5.74, 6) is -0.516. The van der Waals surface area contributed by atoms with Crippen LogP contribution >= 0.6 is 0 Å². The van der Waals surface area contributed by atoms with E-state index in [1.54, 1.807) is 13.1 Å². The molecule has 0 aliphatic rings. The van der Waals surface area contributed by atoms with Gasteiger partial charge in [0.15, 0.2) is 0 Å². The van der Waals surface area contributed by atoms with Gasteiger partial charge >= 0.3 is 5.97 Å². The first kappa shape index (κ1) is 15.1. The predicted octanol–water partition coefficient (Wildman–Crippen LogP) is 2.26. The summed E-state index contributed by atoms with van der Waals surface area (Å²) < 4.78 is 0. The van der Waals surface area contributed by atoms with E-state index in [0.717, 1.165) is 22.6 Å². The topological polar surface area (TPSA) is 75.1 Å². The number of hydrogen-bond acceptors (Lipinski definition) is 4.